The molecule has 0 fully saturated rings. The van der Waals surface area contributed by atoms with E-state index in [1.807, 2.05) is 18.2 Å². The molecule has 0 saturated heterocycles. The van der Waals surface area contributed by atoms with Crippen molar-refractivity contribution < 1.29 is 18.8 Å². The Balaban J connectivity index is 1.44. The molecule has 1 amide bonds. The van der Waals surface area contributed by atoms with Gasteiger partial charge in [-0.05, 0) is 25.0 Å². The highest BCUT2D eigenvalue weighted by Gasteiger charge is 2.26. The zero-order valence-corrected chi connectivity index (χ0v) is 11.5. The Morgan fingerprint density at radius 1 is 1.33 bits per heavy atom. The number of nitrogens with one attached hydrogen (secondary N) is 1. The average Bonchev–Trinajstić information content (AvgIpc) is 3.04. The molecule has 0 aliphatic carbocycles. The van der Waals surface area contributed by atoms with Crippen molar-refractivity contribution in [3.05, 3.63) is 42.3 Å². The smallest absolute Gasteiger partial charge is 0.264 e. The zero-order valence-electron chi connectivity index (χ0n) is 11.5. The van der Waals surface area contributed by atoms with E-state index in [0.29, 0.717) is 18.0 Å². The quantitative estimate of drug-likeness (QED) is 0.845. The van der Waals surface area contributed by atoms with Gasteiger partial charge in [-0.2, -0.15) is 0 Å². The van der Waals surface area contributed by atoms with Crippen LogP contribution in [-0.4, -0.2) is 30.3 Å². The van der Waals surface area contributed by atoms with Crippen molar-refractivity contribution in [1.82, 2.24) is 10.5 Å². The predicted octanol–water partition coefficient (Wildman–Crippen LogP) is 1.56. The molecule has 1 unspecified atom stereocenters. The minimum Gasteiger partial charge on any atom is -0.485 e. The number of carbonyl (C=O) groups excluding carboxylic acids is 1. The van der Waals surface area contributed by atoms with Gasteiger partial charge in [-0.1, -0.05) is 17.3 Å². The lowest BCUT2D eigenvalue weighted by atomic mass is 10.2. The summed E-state index contributed by atoms with van der Waals surface area (Å²) in [6, 6.07) is 7.33. The fourth-order valence-electron chi connectivity index (χ4n) is 2.12. The second kappa shape index (κ2) is 6.30. The lowest BCUT2D eigenvalue weighted by molar-refractivity contribution is -0.130. The molecule has 2 heterocycles. The molecule has 110 valence electrons. The van der Waals surface area contributed by atoms with Gasteiger partial charge in [-0.25, -0.2) is 0 Å². The lowest BCUT2D eigenvalue weighted by Crippen LogP contribution is -2.44. The van der Waals surface area contributed by atoms with Crippen LogP contribution in [0.1, 0.15) is 12.0 Å². The first-order chi connectivity index (χ1) is 10.3. The van der Waals surface area contributed by atoms with Crippen molar-refractivity contribution in [3.8, 4) is 11.5 Å². The molecule has 0 bridgehead atoms. The van der Waals surface area contributed by atoms with Crippen LogP contribution < -0.4 is 14.8 Å². The number of hydrogen-bond acceptors (Lipinski definition) is 5. The maximum atomic E-state index is 12.0. The average molecular weight is 288 g/mol. The van der Waals surface area contributed by atoms with E-state index in [0.717, 1.165) is 18.4 Å². The van der Waals surface area contributed by atoms with Gasteiger partial charge in [0.05, 0.1) is 6.20 Å². The summed E-state index contributed by atoms with van der Waals surface area (Å²) in [6.07, 6.45) is 4.31. The molecule has 6 nitrogen and oxygen atoms in total. The van der Waals surface area contributed by atoms with Crippen LogP contribution in [0.2, 0.25) is 0 Å². The highest BCUT2D eigenvalue weighted by Crippen LogP contribution is 2.30. The Hall–Kier alpha value is -2.50. The van der Waals surface area contributed by atoms with Crippen molar-refractivity contribution in [2.75, 3.05) is 13.2 Å². The van der Waals surface area contributed by atoms with Crippen LogP contribution in [0.3, 0.4) is 0 Å². The first kappa shape index (κ1) is 13.5. The van der Waals surface area contributed by atoms with Crippen molar-refractivity contribution in [2.45, 2.75) is 18.9 Å². The molecule has 1 aromatic carbocycles. The van der Waals surface area contributed by atoms with Gasteiger partial charge in [0.25, 0.3) is 5.91 Å². The summed E-state index contributed by atoms with van der Waals surface area (Å²) in [4.78, 5) is 12.0. The molecule has 1 atom stereocenters. The number of nitrogens with zero attached hydrogens (tertiary/aromatic N) is 1. The summed E-state index contributed by atoms with van der Waals surface area (Å²) < 4.78 is 15.9. The van der Waals surface area contributed by atoms with Crippen LogP contribution in [0.4, 0.5) is 0 Å². The summed E-state index contributed by atoms with van der Waals surface area (Å²) in [5.41, 5.74) is 1.02. The fraction of sp³-hybridized carbons (Fsp3) is 0.333. The Bertz CT molecular complexity index is 597. The molecule has 0 spiro atoms. The van der Waals surface area contributed by atoms with Crippen LogP contribution in [0.15, 0.2) is 41.2 Å². The molecule has 1 N–H and O–H groups in total. The van der Waals surface area contributed by atoms with Gasteiger partial charge in [-0.15, -0.1) is 0 Å². The highest BCUT2D eigenvalue weighted by molar-refractivity contribution is 5.81. The minimum atomic E-state index is -0.601. The number of hydrogen-bond donors (Lipinski definition) is 1. The van der Waals surface area contributed by atoms with Gasteiger partial charge in [0, 0.05) is 12.1 Å². The van der Waals surface area contributed by atoms with Crippen LogP contribution in [-0.2, 0) is 11.2 Å². The third-order valence-corrected chi connectivity index (χ3v) is 3.23. The van der Waals surface area contributed by atoms with E-state index < -0.39 is 6.10 Å². The largest absolute Gasteiger partial charge is 0.485 e. The second-order valence-corrected chi connectivity index (χ2v) is 4.79. The van der Waals surface area contributed by atoms with Crippen LogP contribution >= 0.6 is 0 Å². The first-order valence-corrected chi connectivity index (χ1v) is 6.87. The fourth-order valence-corrected chi connectivity index (χ4v) is 2.12. The van der Waals surface area contributed by atoms with E-state index in [2.05, 4.69) is 10.5 Å². The molecule has 1 aliphatic heterocycles. The van der Waals surface area contributed by atoms with E-state index in [4.69, 9.17) is 14.0 Å². The first-order valence-electron chi connectivity index (χ1n) is 6.87. The standard InChI is InChI=1S/C15H16N2O4/c18-15(16-7-3-4-11-8-17-20-9-11)14-10-19-12-5-1-2-6-13(12)21-14/h1-2,5-6,8-9,14H,3-4,7,10H2,(H,16,18). The number of rotatable bonds is 5. The Kier molecular flexibility index (Phi) is 4.04. The van der Waals surface area contributed by atoms with Gasteiger partial charge in [0.2, 0.25) is 6.10 Å². The van der Waals surface area contributed by atoms with Gasteiger partial charge < -0.3 is 19.3 Å². The van der Waals surface area contributed by atoms with Crippen LogP contribution in [0.25, 0.3) is 0 Å². The summed E-state index contributed by atoms with van der Waals surface area (Å²) in [7, 11) is 0. The number of benzene rings is 1. The lowest BCUT2D eigenvalue weighted by Gasteiger charge is -2.25. The molecular weight excluding hydrogens is 272 g/mol. The van der Waals surface area contributed by atoms with Crippen molar-refractivity contribution in [2.24, 2.45) is 0 Å². The van der Waals surface area contributed by atoms with Gasteiger partial charge in [0.15, 0.2) is 11.5 Å². The number of aromatic nitrogens is 1. The molecule has 6 heteroatoms. The number of fused-ring (bicyclic) bond motifs is 1. The number of amides is 1. The van der Waals surface area contributed by atoms with E-state index in [9.17, 15) is 4.79 Å². The van der Waals surface area contributed by atoms with Crippen LogP contribution in [0.5, 0.6) is 11.5 Å². The molecule has 2 aromatic rings. The van der Waals surface area contributed by atoms with Crippen molar-refractivity contribution in [3.63, 3.8) is 0 Å². The van der Waals surface area contributed by atoms with E-state index in [1.54, 1.807) is 18.5 Å². The van der Waals surface area contributed by atoms with E-state index in [1.165, 1.54) is 0 Å². The number of ether oxygens (including phenoxy) is 2. The maximum Gasteiger partial charge on any atom is 0.264 e. The summed E-state index contributed by atoms with van der Waals surface area (Å²) in [5.74, 6) is 1.12. The van der Waals surface area contributed by atoms with Crippen molar-refractivity contribution >= 4 is 5.91 Å². The second-order valence-electron chi connectivity index (χ2n) is 4.79. The maximum absolute atomic E-state index is 12.0. The Labute approximate surface area is 122 Å². The van der Waals surface area contributed by atoms with E-state index >= 15 is 0 Å². The summed E-state index contributed by atoms with van der Waals surface area (Å²) >= 11 is 0. The number of para-hydroxylation sites is 2. The minimum absolute atomic E-state index is 0.158. The van der Waals surface area contributed by atoms with Gasteiger partial charge in [-0.3, -0.25) is 4.79 Å². The van der Waals surface area contributed by atoms with E-state index in [-0.39, 0.29) is 12.5 Å². The molecule has 3 rings (SSSR count). The molecule has 21 heavy (non-hydrogen) atoms. The number of carbonyl (C=O) groups is 1. The summed E-state index contributed by atoms with van der Waals surface area (Å²) in [6.45, 7) is 0.806. The molecule has 1 aliphatic rings. The normalized spacial score (nSPS) is 16.5. The van der Waals surface area contributed by atoms with Gasteiger partial charge >= 0.3 is 0 Å². The Morgan fingerprint density at radius 3 is 3.00 bits per heavy atom. The molecular formula is C15H16N2O4. The monoisotopic (exact) mass is 288 g/mol. The Morgan fingerprint density at radius 2 is 2.19 bits per heavy atom. The number of aryl methyl sites for hydroxylation is 1. The van der Waals surface area contributed by atoms with Crippen molar-refractivity contribution in [1.29, 1.82) is 0 Å². The topological polar surface area (TPSA) is 73.6 Å². The SMILES string of the molecule is O=C(NCCCc1cnoc1)C1COc2ccccc2O1. The zero-order chi connectivity index (χ0) is 14.5. The molecule has 0 radical (unpaired) electrons. The third-order valence-electron chi connectivity index (χ3n) is 3.23. The predicted molar refractivity (Wildman–Crippen MR) is 74.2 cm³/mol. The van der Waals surface area contributed by atoms with Crippen LogP contribution in [0, 0.1) is 0 Å². The molecule has 0 saturated carbocycles. The summed E-state index contributed by atoms with van der Waals surface area (Å²) in [5, 5.41) is 6.48. The van der Waals surface area contributed by atoms with Gasteiger partial charge in [0.1, 0.15) is 12.9 Å². The molecule has 1 aromatic heterocycles. The highest BCUT2D eigenvalue weighted by atomic mass is 16.6. The third kappa shape index (κ3) is 3.34.